The molecule has 76 heavy (non-hydrogen) atoms. The standard InChI is InChI=1S/C70H112N2O2S2/c1-5-9-13-17-21-25-27-31-35-41-49-59(47-39-33-29-23-19-15-11-7-3)57-71-65-55-64-66(56-63(65)67(69(71)73)75-61-51-43-37-44-52-61)72(70(74)68(64)76-62-53-45-38-46-54-62)58-60(48-40-34-30-24-20-16-12-8-4)50-42-36-32-28-26-22-18-14-10-6-2/h37-38,43-46,51-56,59-60,67-68H,5-36,39-42,47-50,57-58H2,1-4H3. The van der Waals surface area contributed by atoms with Crippen LogP contribution in [0, 0.1) is 11.8 Å². The first kappa shape index (κ1) is 64.1. The Balaban J connectivity index is 1.40. The van der Waals surface area contributed by atoms with Crippen LogP contribution >= 0.6 is 23.5 Å². The van der Waals surface area contributed by atoms with Gasteiger partial charge in [0, 0.05) is 45.4 Å². The van der Waals surface area contributed by atoms with E-state index < -0.39 is 0 Å². The summed E-state index contributed by atoms with van der Waals surface area (Å²) in [6.07, 6.45) is 52.9. The van der Waals surface area contributed by atoms with Crippen LogP contribution in [0.1, 0.15) is 306 Å². The summed E-state index contributed by atoms with van der Waals surface area (Å²) in [4.78, 5) is 37.3. The molecule has 0 fully saturated rings. The highest BCUT2D eigenvalue weighted by Gasteiger charge is 2.45. The number of benzene rings is 3. The van der Waals surface area contributed by atoms with Crippen molar-refractivity contribution in [2.75, 3.05) is 22.9 Å². The molecule has 0 aliphatic carbocycles. The smallest absolute Gasteiger partial charge is 0.245 e. The van der Waals surface area contributed by atoms with Crippen LogP contribution in [0.15, 0.2) is 82.6 Å². The zero-order chi connectivity index (χ0) is 53.7. The summed E-state index contributed by atoms with van der Waals surface area (Å²) in [6.45, 7) is 10.8. The highest BCUT2D eigenvalue weighted by molar-refractivity contribution is 8.00. The SMILES string of the molecule is CCCCCCCCCCCCC(CCCCCCCCCC)CN1C(=O)C(Sc2ccccc2)c2cc3c(cc21)C(Sc1ccccc1)C(=O)N3CC(CCCCCCCCCC)CCCCCCCCCCCC. The van der Waals surface area contributed by atoms with Crippen molar-refractivity contribution >= 4 is 46.7 Å². The maximum atomic E-state index is 15.3. The van der Waals surface area contributed by atoms with Crippen LogP contribution in [-0.2, 0) is 9.59 Å². The van der Waals surface area contributed by atoms with Gasteiger partial charge in [0.15, 0.2) is 0 Å². The van der Waals surface area contributed by atoms with Gasteiger partial charge < -0.3 is 9.80 Å². The highest BCUT2D eigenvalue weighted by atomic mass is 32.2. The van der Waals surface area contributed by atoms with Gasteiger partial charge in [-0.05, 0) is 73.9 Å². The van der Waals surface area contributed by atoms with E-state index in [9.17, 15) is 0 Å². The fourth-order valence-corrected chi connectivity index (χ4v) is 14.6. The molecule has 0 aromatic heterocycles. The molecule has 0 saturated heterocycles. The molecular weight excluding hydrogens is 965 g/mol. The van der Waals surface area contributed by atoms with Gasteiger partial charge in [0.1, 0.15) is 10.5 Å². The van der Waals surface area contributed by atoms with Crippen molar-refractivity contribution in [1.82, 2.24) is 0 Å². The molecule has 2 heterocycles. The van der Waals surface area contributed by atoms with E-state index >= 15 is 9.59 Å². The molecule has 0 saturated carbocycles. The minimum absolute atomic E-state index is 0.232. The van der Waals surface area contributed by atoms with Crippen LogP contribution in [0.2, 0.25) is 0 Å². The van der Waals surface area contributed by atoms with E-state index in [1.165, 1.54) is 257 Å². The molecule has 3 aromatic carbocycles. The Kier molecular flexibility index (Phi) is 34.1. The third-order valence-corrected chi connectivity index (χ3v) is 19.5. The topological polar surface area (TPSA) is 40.6 Å². The number of unbranched alkanes of at least 4 members (excludes halogenated alkanes) is 32. The first-order valence-electron chi connectivity index (χ1n) is 32.7. The normalized spacial score (nSPS) is 16.0. The Bertz CT molecular complexity index is 1800. The van der Waals surface area contributed by atoms with Crippen LogP contribution in [0.3, 0.4) is 0 Å². The quantitative estimate of drug-likeness (QED) is 0.0529. The molecule has 2 amide bonds. The average molecular weight is 1080 g/mol. The van der Waals surface area contributed by atoms with Gasteiger partial charge in [0.2, 0.25) is 11.8 Å². The van der Waals surface area contributed by atoms with Crippen molar-refractivity contribution < 1.29 is 9.59 Å². The molecule has 2 aliphatic heterocycles. The fraction of sp³-hybridized carbons (Fsp3) is 0.714. The average Bonchev–Trinajstić information content (AvgIpc) is 3.96. The molecule has 4 unspecified atom stereocenters. The lowest BCUT2D eigenvalue weighted by Gasteiger charge is -2.26. The van der Waals surface area contributed by atoms with Crippen LogP contribution in [-0.4, -0.2) is 24.9 Å². The number of carbonyl (C=O) groups excluding carboxylic acids is 2. The van der Waals surface area contributed by atoms with Gasteiger partial charge >= 0.3 is 0 Å². The van der Waals surface area contributed by atoms with Crippen LogP contribution in [0.25, 0.3) is 0 Å². The minimum atomic E-state index is -0.332. The van der Waals surface area contributed by atoms with Gasteiger partial charge in [-0.1, -0.05) is 295 Å². The fourth-order valence-electron chi connectivity index (χ4n) is 12.3. The predicted octanol–water partition coefficient (Wildman–Crippen LogP) is 23.0. The van der Waals surface area contributed by atoms with Crippen LogP contribution in [0.4, 0.5) is 11.4 Å². The molecule has 5 rings (SSSR count). The van der Waals surface area contributed by atoms with Crippen molar-refractivity contribution in [2.24, 2.45) is 11.8 Å². The number of hydrogen-bond donors (Lipinski definition) is 0. The number of carbonyl (C=O) groups is 2. The van der Waals surface area contributed by atoms with Gasteiger partial charge in [-0.15, -0.1) is 23.5 Å². The van der Waals surface area contributed by atoms with Crippen molar-refractivity contribution in [3.63, 3.8) is 0 Å². The van der Waals surface area contributed by atoms with Gasteiger partial charge in [-0.2, -0.15) is 0 Å². The Morgan fingerprint density at radius 2 is 0.579 bits per heavy atom. The molecule has 4 nitrogen and oxygen atoms in total. The number of anilines is 2. The summed E-state index contributed by atoms with van der Waals surface area (Å²) < 4.78 is 0. The Morgan fingerprint density at radius 1 is 0.342 bits per heavy atom. The van der Waals surface area contributed by atoms with E-state index in [1.807, 2.05) is 0 Å². The van der Waals surface area contributed by atoms with E-state index in [1.54, 1.807) is 23.5 Å². The molecule has 426 valence electrons. The maximum absolute atomic E-state index is 15.3. The maximum Gasteiger partial charge on any atom is 0.245 e. The summed E-state index contributed by atoms with van der Waals surface area (Å²) in [7, 11) is 0. The van der Waals surface area contributed by atoms with Gasteiger partial charge in [0.05, 0.1) is 0 Å². The zero-order valence-corrected chi connectivity index (χ0v) is 51.1. The first-order valence-corrected chi connectivity index (χ1v) is 34.5. The Morgan fingerprint density at radius 3 is 0.829 bits per heavy atom. The van der Waals surface area contributed by atoms with Crippen molar-refractivity contribution in [3.8, 4) is 0 Å². The van der Waals surface area contributed by atoms with E-state index in [2.05, 4.69) is 110 Å². The molecule has 3 aromatic rings. The number of hydrogen-bond acceptors (Lipinski definition) is 4. The number of nitrogens with zero attached hydrogens (tertiary/aromatic N) is 2. The minimum Gasteiger partial charge on any atom is -0.311 e. The van der Waals surface area contributed by atoms with Crippen molar-refractivity contribution in [2.45, 2.75) is 305 Å². The van der Waals surface area contributed by atoms with Crippen LogP contribution < -0.4 is 9.80 Å². The molecule has 0 N–H and O–H groups in total. The summed E-state index contributed by atoms with van der Waals surface area (Å²) in [5, 5.41) is -0.664. The molecule has 0 bridgehead atoms. The molecule has 0 spiro atoms. The van der Waals surface area contributed by atoms with E-state index in [-0.39, 0.29) is 22.3 Å². The zero-order valence-electron chi connectivity index (χ0n) is 49.5. The monoisotopic (exact) mass is 1080 g/mol. The summed E-state index contributed by atoms with van der Waals surface area (Å²) in [5.41, 5.74) is 4.35. The van der Waals surface area contributed by atoms with Crippen LogP contribution in [0.5, 0.6) is 0 Å². The molecule has 2 aliphatic rings. The second-order valence-corrected chi connectivity index (χ2v) is 26.0. The summed E-state index contributed by atoms with van der Waals surface area (Å²) in [5.74, 6) is 1.40. The lowest BCUT2D eigenvalue weighted by Crippen LogP contribution is -2.33. The largest absolute Gasteiger partial charge is 0.311 e. The number of rotatable bonds is 48. The Hall–Kier alpha value is -2.70. The van der Waals surface area contributed by atoms with E-state index in [4.69, 9.17) is 0 Å². The van der Waals surface area contributed by atoms with E-state index in [0.717, 1.165) is 45.4 Å². The number of thioether (sulfide) groups is 2. The third-order valence-electron chi connectivity index (χ3n) is 17.0. The molecule has 6 heteroatoms. The first-order chi connectivity index (χ1) is 37.5. The van der Waals surface area contributed by atoms with Crippen molar-refractivity contribution in [1.29, 1.82) is 0 Å². The third kappa shape index (κ3) is 23.9. The van der Waals surface area contributed by atoms with E-state index in [0.29, 0.717) is 11.8 Å². The Labute approximate surface area is 477 Å². The summed E-state index contributed by atoms with van der Waals surface area (Å²) >= 11 is 3.42. The lowest BCUT2D eigenvalue weighted by molar-refractivity contribution is -0.118. The highest BCUT2D eigenvalue weighted by Crippen LogP contribution is 2.54. The van der Waals surface area contributed by atoms with Gasteiger partial charge in [-0.3, -0.25) is 9.59 Å². The van der Waals surface area contributed by atoms with Gasteiger partial charge in [0.25, 0.3) is 0 Å². The van der Waals surface area contributed by atoms with Gasteiger partial charge in [-0.25, -0.2) is 0 Å². The predicted molar refractivity (Wildman–Crippen MR) is 336 cm³/mol. The molecule has 4 atom stereocenters. The number of fused-ring (bicyclic) bond motifs is 2. The molecule has 0 radical (unpaired) electrons. The van der Waals surface area contributed by atoms with Crippen molar-refractivity contribution in [3.05, 3.63) is 83.9 Å². The second-order valence-electron chi connectivity index (χ2n) is 23.7. The lowest BCUT2D eigenvalue weighted by atomic mass is 9.93. The number of amides is 2. The summed E-state index contributed by atoms with van der Waals surface area (Å²) in [6, 6.07) is 25.9. The second kappa shape index (κ2) is 40.5. The molecular formula is C70H112N2O2S2.